The fourth-order valence-corrected chi connectivity index (χ4v) is 1.42. The number of amides is 1. The maximum absolute atomic E-state index is 11.3. The van der Waals surface area contributed by atoms with Crippen molar-refractivity contribution in [3.63, 3.8) is 0 Å². The first kappa shape index (κ1) is 15.2. The van der Waals surface area contributed by atoms with E-state index < -0.39 is 0 Å². The molecular formula is C14H21N3O2. The maximum Gasteiger partial charge on any atom is 0.258 e. The number of nitrogens with two attached hydrogens (primary N) is 1. The Balaban J connectivity index is 2.39. The molecule has 5 heteroatoms. The van der Waals surface area contributed by atoms with E-state index in [-0.39, 0.29) is 18.6 Å². The van der Waals surface area contributed by atoms with Crippen LogP contribution < -0.4 is 15.8 Å². The van der Waals surface area contributed by atoms with Crippen molar-refractivity contribution < 1.29 is 9.53 Å². The molecule has 3 N–H and O–H groups in total. The van der Waals surface area contributed by atoms with Gasteiger partial charge in [-0.3, -0.25) is 9.78 Å². The zero-order chi connectivity index (χ0) is 14.1. The highest BCUT2D eigenvalue weighted by Gasteiger charge is 2.04. The molecule has 0 aliphatic carbocycles. The van der Waals surface area contributed by atoms with Gasteiger partial charge in [-0.1, -0.05) is 13.0 Å². The summed E-state index contributed by atoms with van der Waals surface area (Å²) in [4.78, 5) is 15.6. The van der Waals surface area contributed by atoms with Crippen molar-refractivity contribution in [2.75, 3.05) is 13.2 Å². The summed E-state index contributed by atoms with van der Waals surface area (Å²) < 4.78 is 5.31. The van der Waals surface area contributed by atoms with E-state index >= 15 is 0 Å². The minimum atomic E-state index is -0.183. The molecule has 1 heterocycles. The average molecular weight is 263 g/mol. The lowest BCUT2D eigenvalue weighted by atomic mass is 10.1. The van der Waals surface area contributed by atoms with Gasteiger partial charge in [-0.2, -0.15) is 0 Å². The third-order valence-electron chi connectivity index (χ3n) is 2.61. The van der Waals surface area contributed by atoms with Crippen LogP contribution in [0.5, 0.6) is 5.75 Å². The minimum absolute atomic E-state index is 0.0245. The molecule has 5 nitrogen and oxygen atoms in total. The maximum atomic E-state index is 11.3. The Morgan fingerprint density at radius 3 is 3.00 bits per heavy atom. The summed E-state index contributed by atoms with van der Waals surface area (Å²) in [6, 6.07) is 3.79. The molecule has 1 aromatic heterocycles. The van der Waals surface area contributed by atoms with E-state index in [2.05, 4.69) is 16.9 Å². The highest BCUT2D eigenvalue weighted by Crippen LogP contribution is 2.10. The molecule has 0 saturated heterocycles. The van der Waals surface area contributed by atoms with Crippen molar-refractivity contribution in [1.29, 1.82) is 0 Å². The van der Waals surface area contributed by atoms with Crippen molar-refractivity contribution in [3.8, 4) is 5.75 Å². The Labute approximate surface area is 113 Å². The first-order chi connectivity index (χ1) is 9.15. The monoisotopic (exact) mass is 263 g/mol. The highest BCUT2D eigenvalue weighted by atomic mass is 16.5. The second-order valence-electron chi connectivity index (χ2n) is 4.24. The van der Waals surface area contributed by atoms with Gasteiger partial charge in [0.2, 0.25) is 0 Å². The number of aromatic nitrogens is 1. The van der Waals surface area contributed by atoms with Crippen LogP contribution in [0.15, 0.2) is 31.0 Å². The Hall–Kier alpha value is -1.88. The van der Waals surface area contributed by atoms with Crippen LogP contribution in [0.4, 0.5) is 0 Å². The van der Waals surface area contributed by atoms with E-state index in [0.717, 1.165) is 18.5 Å². The largest absolute Gasteiger partial charge is 0.482 e. The fraction of sp³-hybridized carbons (Fsp3) is 0.429. The molecule has 104 valence electrons. The number of carbonyl (C=O) groups is 1. The van der Waals surface area contributed by atoms with Gasteiger partial charge in [0.05, 0.1) is 6.20 Å². The number of hydrogen-bond acceptors (Lipinski definition) is 4. The topological polar surface area (TPSA) is 77.2 Å². The van der Waals surface area contributed by atoms with Crippen LogP contribution in [0.25, 0.3) is 0 Å². The molecule has 1 aromatic rings. The summed E-state index contributed by atoms with van der Waals surface area (Å²) in [7, 11) is 0. The molecule has 1 atom stereocenters. The highest BCUT2D eigenvalue weighted by molar-refractivity contribution is 5.77. The molecule has 0 radical (unpaired) electrons. The van der Waals surface area contributed by atoms with Crippen LogP contribution in [0.2, 0.25) is 0 Å². The van der Waals surface area contributed by atoms with E-state index in [9.17, 15) is 4.79 Å². The fourth-order valence-electron chi connectivity index (χ4n) is 1.42. The Morgan fingerprint density at radius 2 is 2.42 bits per heavy atom. The van der Waals surface area contributed by atoms with Gasteiger partial charge in [-0.15, -0.1) is 6.58 Å². The smallest absolute Gasteiger partial charge is 0.258 e. The molecule has 0 aromatic carbocycles. The SMILES string of the molecule is C=CCNC(=O)COc1ccc(CC(N)CC)nc1. The van der Waals surface area contributed by atoms with Crippen LogP contribution in [-0.2, 0) is 11.2 Å². The summed E-state index contributed by atoms with van der Waals surface area (Å²) in [6.07, 6.45) is 4.89. The lowest BCUT2D eigenvalue weighted by Gasteiger charge is -2.09. The second-order valence-corrected chi connectivity index (χ2v) is 4.24. The van der Waals surface area contributed by atoms with Gasteiger partial charge >= 0.3 is 0 Å². The molecule has 1 rings (SSSR count). The van der Waals surface area contributed by atoms with Crippen molar-refractivity contribution in [2.24, 2.45) is 5.73 Å². The predicted octanol–water partition coefficient (Wildman–Crippen LogP) is 1.04. The molecule has 1 unspecified atom stereocenters. The first-order valence-electron chi connectivity index (χ1n) is 6.36. The predicted molar refractivity (Wildman–Crippen MR) is 74.9 cm³/mol. The van der Waals surface area contributed by atoms with Gasteiger partial charge in [0.25, 0.3) is 5.91 Å². The van der Waals surface area contributed by atoms with Crippen LogP contribution in [0, 0.1) is 0 Å². The van der Waals surface area contributed by atoms with Crippen LogP contribution in [0.3, 0.4) is 0 Å². The van der Waals surface area contributed by atoms with Crippen molar-refractivity contribution in [1.82, 2.24) is 10.3 Å². The van der Waals surface area contributed by atoms with Crippen molar-refractivity contribution in [3.05, 3.63) is 36.7 Å². The summed E-state index contributed by atoms with van der Waals surface area (Å²) in [5.41, 5.74) is 6.78. The van der Waals surface area contributed by atoms with Gasteiger partial charge in [0, 0.05) is 24.7 Å². The summed E-state index contributed by atoms with van der Waals surface area (Å²) in [5, 5.41) is 2.63. The molecule has 1 amide bonds. The standard InChI is InChI=1S/C14H21N3O2/c1-3-7-16-14(18)10-19-13-6-5-12(17-9-13)8-11(15)4-2/h3,5-6,9,11H,1,4,7-8,10,15H2,2H3,(H,16,18). The summed E-state index contributed by atoms with van der Waals surface area (Å²) in [6.45, 7) is 5.98. The number of hydrogen-bond donors (Lipinski definition) is 2. The van der Waals surface area contributed by atoms with Crippen molar-refractivity contribution in [2.45, 2.75) is 25.8 Å². The zero-order valence-electron chi connectivity index (χ0n) is 11.3. The quantitative estimate of drug-likeness (QED) is 0.687. The summed E-state index contributed by atoms with van der Waals surface area (Å²) >= 11 is 0. The number of carbonyl (C=O) groups excluding carboxylic acids is 1. The molecule has 0 saturated carbocycles. The second kappa shape index (κ2) is 8.26. The molecule has 0 spiro atoms. The number of rotatable bonds is 8. The van der Waals surface area contributed by atoms with E-state index in [1.54, 1.807) is 18.3 Å². The minimum Gasteiger partial charge on any atom is -0.482 e. The van der Waals surface area contributed by atoms with E-state index in [1.807, 2.05) is 13.0 Å². The van der Waals surface area contributed by atoms with Gasteiger partial charge < -0.3 is 15.8 Å². The van der Waals surface area contributed by atoms with Gasteiger partial charge in [-0.25, -0.2) is 0 Å². The van der Waals surface area contributed by atoms with Gasteiger partial charge in [0.15, 0.2) is 6.61 Å². The Kier molecular flexibility index (Phi) is 6.60. The van der Waals surface area contributed by atoms with E-state index in [0.29, 0.717) is 12.3 Å². The Morgan fingerprint density at radius 1 is 1.63 bits per heavy atom. The number of pyridine rings is 1. The van der Waals surface area contributed by atoms with Gasteiger partial charge in [-0.05, 0) is 18.6 Å². The average Bonchev–Trinajstić information content (AvgIpc) is 2.44. The first-order valence-corrected chi connectivity index (χ1v) is 6.36. The Bertz CT molecular complexity index is 404. The third-order valence-corrected chi connectivity index (χ3v) is 2.61. The van der Waals surface area contributed by atoms with E-state index in [1.165, 1.54) is 0 Å². The molecule has 0 fully saturated rings. The zero-order valence-corrected chi connectivity index (χ0v) is 11.3. The molecule has 0 aliphatic rings. The lowest BCUT2D eigenvalue weighted by molar-refractivity contribution is -0.122. The van der Waals surface area contributed by atoms with Gasteiger partial charge in [0.1, 0.15) is 5.75 Å². The number of nitrogens with zero attached hydrogens (tertiary/aromatic N) is 1. The van der Waals surface area contributed by atoms with Crippen molar-refractivity contribution >= 4 is 5.91 Å². The number of nitrogens with one attached hydrogen (secondary N) is 1. The van der Waals surface area contributed by atoms with Crippen LogP contribution >= 0.6 is 0 Å². The van der Waals surface area contributed by atoms with Crippen LogP contribution in [0.1, 0.15) is 19.0 Å². The summed E-state index contributed by atoms with van der Waals surface area (Å²) in [5.74, 6) is 0.388. The molecule has 19 heavy (non-hydrogen) atoms. The normalized spacial score (nSPS) is 11.7. The lowest BCUT2D eigenvalue weighted by Crippen LogP contribution is -2.28. The molecular weight excluding hydrogens is 242 g/mol. The third kappa shape index (κ3) is 6.01. The van der Waals surface area contributed by atoms with E-state index in [4.69, 9.17) is 10.5 Å². The number of ether oxygens (including phenoxy) is 1. The van der Waals surface area contributed by atoms with Crippen LogP contribution in [-0.4, -0.2) is 30.1 Å². The molecule has 0 aliphatic heterocycles. The molecule has 0 bridgehead atoms.